The molecule has 1 aromatic rings. The zero-order valence-corrected chi connectivity index (χ0v) is 10.4. The van der Waals surface area contributed by atoms with Gasteiger partial charge in [0.25, 0.3) is 5.69 Å². The Morgan fingerprint density at radius 2 is 1.56 bits per heavy atom. The fourth-order valence-corrected chi connectivity index (χ4v) is 3.19. The van der Waals surface area contributed by atoms with E-state index in [4.69, 9.17) is 0 Å². The lowest BCUT2D eigenvalue weighted by molar-refractivity contribution is -0.384. The third-order valence-corrected chi connectivity index (χ3v) is 4.18. The van der Waals surface area contributed by atoms with Gasteiger partial charge in [-0.15, -0.1) is 0 Å². The van der Waals surface area contributed by atoms with E-state index in [1.807, 2.05) is 12.1 Å². The maximum absolute atomic E-state index is 10.6. The molecule has 0 amide bonds. The molecule has 4 nitrogen and oxygen atoms in total. The van der Waals surface area contributed by atoms with Crippen molar-refractivity contribution >= 4 is 11.4 Å². The molecule has 0 aromatic heterocycles. The zero-order valence-electron chi connectivity index (χ0n) is 10.4. The average molecular weight is 246 g/mol. The number of benzene rings is 1. The summed E-state index contributed by atoms with van der Waals surface area (Å²) < 4.78 is 0. The second-order valence-corrected chi connectivity index (χ2v) is 5.31. The molecule has 4 heteroatoms. The van der Waals surface area contributed by atoms with Crippen LogP contribution in [0.5, 0.6) is 0 Å². The molecule has 1 aliphatic carbocycles. The molecule has 0 bridgehead atoms. The molecule has 0 N–H and O–H groups in total. The van der Waals surface area contributed by atoms with Crippen LogP contribution >= 0.6 is 0 Å². The Morgan fingerprint density at radius 3 is 2.06 bits per heavy atom. The second-order valence-electron chi connectivity index (χ2n) is 5.31. The topological polar surface area (TPSA) is 46.1 Å². The van der Waals surface area contributed by atoms with E-state index in [0.717, 1.165) is 5.69 Å². The van der Waals surface area contributed by atoms with Gasteiger partial charge in [-0.2, -0.15) is 0 Å². The highest BCUT2D eigenvalue weighted by atomic mass is 16.6. The SMILES string of the molecule is O=[N+]([O-])c1ccc(N2[C@@H]3CCCCCC[C@@H]32)cc1. The number of rotatable bonds is 2. The number of non-ortho nitro benzene ring substituents is 1. The summed E-state index contributed by atoms with van der Waals surface area (Å²) in [5, 5.41) is 10.6. The van der Waals surface area contributed by atoms with Crippen LogP contribution in [0.2, 0.25) is 0 Å². The molecule has 3 rings (SSSR count). The third kappa shape index (κ3) is 2.07. The minimum atomic E-state index is -0.338. The molecule has 1 aromatic carbocycles. The van der Waals surface area contributed by atoms with Gasteiger partial charge in [-0.05, 0) is 25.0 Å². The van der Waals surface area contributed by atoms with Crippen molar-refractivity contribution in [1.82, 2.24) is 0 Å². The monoisotopic (exact) mass is 246 g/mol. The standard InChI is InChI=1S/C14H18N2O2/c17-16(18)12-9-7-11(8-10-12)15-13-5-3-1-2-4-6-14(13)15/h7-10,13-14H,1-6H2/t13-,14+,15?. The van der Waals surface area contributed by atoms with E-state index in [2.05, 4.69) is 4.90 Å². The molecule has 2 atom stereocenters. The van der Waals surface area contributed by atoms with E-state index in [0.29, 0.717) is 12.1 Å². The highest BCUT2D eigenvalue weighted by Crippen LogP contribution is 2.42. The van der Waals surface area contributed by atoms with E-state index >= 15 is 0 Å². The molecule has 1 heterocycles. The molecule has 96 valence electrons. The van der Waals surface area contributed by atoms with E-state index in [1.165, 1.54) is 38.5 Å². The summed E-state index contributed by atoms with van der Waals surface area (Å²) in [5.41, 5.74) is 1.33. The van der Waals surface area contributed by atoms with Gasteiger partial charge in [0.1, 0.15) is 0 Å². The first kappa shape index (κ1) is 11.5. The van der Waals surface area contributed by atoms with Crippen LogP contribution in [0.25, 0.3) is 0 Å². The molecule has 1 saturated heterocycles. The van der Waals surface area contributed by atoms with Crippen LogP contribution in [-0.4, -0.2) is 17.0 Å². The van der Waals surface area contributed by atoms with Crippen molar-refractivity contribution in [1.29, 1.82) is 0 Å². The average Bonchev–Trinajstić information content (AvgIpc) is 3.00. The lowest BCUT2D eigenvalue weighted by Gasteiger charge is -2.05. The quantitative estimate of drug-likeness (QED) is 0.456. The number of hydrogen-bond acceptors (Lipinski definition) is 3. The van der Waals surface area contributed by atoms with Crippen LogP contribution in [0, 0.1) is 10.1 Å². The van der Waals surface area contributed by atoms with Crippen LogP contribution in [0.15, 0.2) is 24.3 Å². The van der Waals surface area contributed by atoms with Crippen LogP contribution in [0.4, 0.5) is 11.4 Å². The summed E-state index contributed by atoms with van der Waals surface area (Å²) in [6, 6.07) is 8.38. The number of fused-ring (bicyclic) bond motifs is 1. The van der Waals surface area contributed by atoms with Crippen LogP contribution in [-0.2, 0) is 0 Å². The maximum atomic E-state index is 10.6. The van der Waals surface area contributed by atoms with Crippen molar-refractivity contribution in [2.45, 2.75) is 50.6 Å². The van der Waals surface area contributed by atoms with Crippen LogP contribution < -0.4 is 4.90 Å². The summed E-state index contributed by atoms with van der Waals surface area (Å²) in [6.07, 6.45) is 7.92. The molecular weight excluding hydrogens is 228 g/mol. The number of nitro benzene ring substituents is 1. The number of hydrogen-bond donors (Lipinski definition) is 0. The summed E-state index contributed by atoms with van der Waals surface area (Å²) in [4.78, 5) is 12.7. The van der Waals surface area contributed by atoms with Gasteiger partial charge in [-0.3, -0.25) is 10.1 Å². The number of nitrogens with zero attached hydrogens (tertiary/aromatic N) is 2. The molecule has 18 heavy (non-hydrogen) atoms. The minimum absolute atomic E-state index is 0.179. The van der Waals surface area contributed by atoms with Gasteiger partial charge in [-0.25, -0.2) is 0 Å². The Hall–Kier alpha value is -1.58. The molecule has 1 saturated carbocycles. The highest BCUT2D eigenvalue weighted by molar-refractivity contribution is 5.58. The first-order valence-electron chi connectivity index (χ1n) is 6.80. The molecular formula is C14H18N2O2. The first-order valence-corrected chi connectivity index (χ1v) is 6.80. The van der Waals surface area contributed by atoms with Gasteiger partial charge in [0.05, 0.1) is 4.92 Å². The van der Waals surface area contributed by atoms with Gasteiger partial charge < -0.3 is 4.90 Å². The highest BCUT2D eigenvalue weighted by Gasteiger charge is 2.46. The van der Waals surface area contributed by atoms with Crippen LogP contribution in [0.1, 0.15) is 38.5 Å². The fourth-order valence-electron chi connectivity index (χ4n) is 3.19. The van der Waals surface area contributed by atoms with Crippen molar-refractivity contribution in [2.75, 3.05) is 4.90 Å². The summed E-state index contributed by atoms with van der Waals surface area (Å²) in [7, 11) is 0. The third-order valence-electron chi connectivity index (χ3n) is 4.18. The molecule has 0 radical (unpaired) electrons. The molecule has 0 spiro atoms. The zero-order chi connectivity index (χ0) is 12.5. The lowest BCUT2D eigenvalue weighted by atomic mass is 10.0. The normalized spacial score (nSPS) is 27.0. The molecule has 2 aliphatic rings. The summed E-state index contributed by atoms with van der Waals surface area (Å²) in [5.74, 6) is 0. The van der Waals surface area contributed by atoms with Crippen molar-refractivity contribution in [3.8, 4) is 0 Å². The van der Waals surface area contributed by atoms with Crippen molar-refractivity contribution < 1.29 is 4.92 Å². The van der Waals surface area contributed by atoms with Gasteiger partial charge in [0, 0.05) is 29.9 Å². The molecule has 0 unspecified atom stereocenters. The largest absolute Gasteiger partial charge is 0.361 e. The van der Waals surface area contributed by atoms with E-state index in [9.17, 15) is 10.1 Å². The Balaban J connectivity index is 1.73. The maximum Gasteiger partial charge on any atom is 0.269 e. The predicted octanol–water partition coefficient (Wildman–Crippen LogP) is 3.51. The summed E-state index contributed by atoms with van der Waals surface area (Å²) >= 11 is 0. The Bertz CT molecular complexity index is 430. The van der Waals surface area contributed by atoms with E-state index in [1.54, 1.807) is 12.1 Å². The Labute approximate surface area is 107 Å². The summed E-state index contributed by atoms with van der Waals surface area (Å²) in [6.45, 7) is 0. The van der Waals surface area contributed by atoms with Gasteiger partial charge in [0.2, 0.25) is 0 Å². The van der Waals surface area contributed by atoms with Crippen molar-refractivity contribution in [3.05, 3.63) is 34.4 Å². The number of anilines is 1. The van der Waals surface area contributed by atoms with Gasteiger partial charge >= 0.3 is 0 Å². The molecule has 1 aliphatic heterocycles. The molecule has 2 fully saturated rings. The minimum Gasteiger partial charge on any atom is -0.361 e. The number of nitro groups is 1. The second kappa shape index (κ2) is 4.59. The van der Waals surface area contributed by atoms with E-state index in [-0.39, 0.29) is 10.6 Å². The first-order chi connectivity index (χ1) is 8.77. The predicted molar refractivity (Wildman–Crippen MR) is 70.9 cm³/mol. The van der Waals surface area contributed by atoms with Gasteiger partial charge in [-0.1, -0.05) is 25.7 Å². The van der Waals surface area contributed by atoms with E-state index < -0.39 is 0 Å². The van der Waals surface area contributed by atoms with Gasteiger partial charge in [0.15, 0.2) is 0 Å². The Kier molecular flexibility index (Phi) is 2.94. The van der Waals surface area contributed by atoms with Crippen molar-refractivity contribution in [2.24, 2.45) is 0 Å². The fraction of sp³-hybridized carbons (Fsp3) is 0.571. The van der Waals surface area contributed by atoms with Crippen LogP contribution in [0.3, 0.4) is 0 Å². The Morgan fingerprint density at radius 1 is 1.00 bits per heavy atom. The smallest absolute Gasteiger partial charge is 0.269 e. The lowest BCUT2D eigenvalue weighted by Crippen LogP contribution is -1.99. The van der Waals surface area contributed by atoms with Crippen molar-refractivity contribution in [3.63, 3.8) is 0 Å².